The minimum atomic E-state index is -0.414. The number of rotatable bonds is 5. The van der Waals surface area contributed by atoms with Crippen molar-refractivity contribution in [3.63, 3.8) is 0 Å². The van der Waals surface area contributed by atoms with E-state index in [1.807, 2.05) is 66.7 Å². The zero-order chi connectivity index (χ0) is 35.2. The van der Waals surface area contributed by atoms with Gasteiger partial charge in [0.25, 0.3) is 0 Å². The molecule has 0 atom stereocenters. The van der Waals surface area contributed by atoms with Gasteiger partial charge in [0.15, 0.2) is 0 Å². The molecule has 1 aliphatic rings. The molecule has 0 N–H and O–H groups in total. The summed E-state index contributed by atoms with van der Waals surface area (Å²) in [5, 5.41) is 7.28. The third-order valence-corrected chi connectivity index (χ3v) is 9.66. The fraction of sp³-hybridized carbons (Fsp3) is 0.0667. The highest BCUT2D eigenvalue weighted by Crippen LogP contribution is 2.50. The minimum absolute atomic E-state index is 0.102. The largest absolute Gasteiger partial charge is 0.310 e. The molecule has 8 aromatic carbocycles. The molecule has 0 aliphatic heterocycles. The summed E-state index contributed by atoms with van der Waals surface area (Å²) >= 11 is 0. The predicted molar refractivity (Wildman–Crippen MR) is 197 cm³/mol. The van der Waals surface area contributed by atoms with E-state index in [4.69, 9.17) is 6.85 Å². The van der Waals surface area contributed by atoms with Crippen molar-refractivity contribution in [2.24, 2.45) is 0 Å². The molecule has 0 bridgehead atoms. The van der Waals surface area contributed by atoms with Crippen LogP contribution in [0.1, 0.15) is 31.8 Å². The smallest absolute Gasteiger partial charge is 0.0645 e. The van der Waals surface area contributed by atoms with Gasteiger partial charge in [0, 0.05) is 22.5 Å². The summed E-state index contributed by atoms with van der Waals surface area (Å²) in [7, 11) is 0. The van der Waals surface area contributed by atoms with Crippen LogP contribution in [0.3, 0.4) is 0 Å². The lowest BCUT2D eigenvalue weighted by Gasteiger charge is -2.26. The number of hydrogen-bond acceptors (Lipinski definition) is 1. The third kappa shape index (κ3) is 4.16. The molecule has 218 valence electrons. The Labute approximate surface area is 277 Å². The van der Waals surface area contributed by atoms with Crippen LogP contribution in [-0.4, -0.2) is 0 Å². The highest BCUT2D eigenvalue weighted by atomic mass is 15.1. The fourth-order valence-corrected chi connectivity index (χ4v) is 7.32. The second-order valence-corrected chi connectivity index (χ2v) is 12.7. The van der Waals surface area contributed by atoms with Crippen molar-refractivity contribution in [3.05, 3.63) is 175 Å². The topological polar surface area (TPSA) is 3.24 Å². The van der Waals surface area contributed by atoms with Crippen molar-refractivity contribution >= 4 is 49.4 Å². The van der Waals surface area contributed by atoms with Gasteiger partial charge in [-0.15, -0.1) is 0 Å². The van der Waals surface area contributed by atoms with Crippen molar-refractivity contribution in [2.75, 3.05) is 4.90 Å². The lowest BCUT2D eigenvalue weighted by Crippen LogP contribution is -2.15. The maximum Gasteiger partial charge on any atom is 0.0645 e. The van der Waals surface area contributed by atoms with E-state index in [2.05, 4.69) is 80.6 Å². The Hall–Kier alpha value is -5.66. The van der Waals surface area contributed by atoms with Crippen LogP contribution < -0.4 is 4.90 Å². The Bertz CT molecular complexity index is 2690. The van der Waals surface area contributed by atoms with E-state index < -0.39 is 6.04 Å². The predicted octanol–water partition coefficient (Wildman–Crippen LogP) is 12.6. The highest BCUT2D eigenvalue weighted by Gasteiger charge is 2.34. The normalized spacial score (nSPS) is 14.7. The molecule has 1 aliphatic carbocycles. The van der Waals surface area contributed by atoms with Crippen LogP contribution in [0.4, 0.5) is 17.1 Å². The summed E-state index contributed by atoms with van der Waals surface area (Å²) in [6.07, 6.45) is 0. The SMILES string of the molecule is [2H]c1c([2H])c([2H])c(N(c2ccc(-c3ccccc3)cc2)c2ccc3cc(-c4cc5c6c(ccc7cccc(c76)C5(C)C)c4)ccc3c2)c([2H])c1[2H]. The first-order valence-electron chi connectivity index (χ1n) is 18.2. The second kappa shape index (κ2) is 10.2. The summed E-state index contributed by atoms with van der Waals surface area (Å²) in [4.78, 5) is 1.77. The second-order valence-electron chi connectivity index (χ2n) is 12.7. The first-order valence-corrected chi connectivity index (χ1v) is 15.7. The number of anilines is 3. The number of para-hydroxylation sites is 1. The maximum absolute atomic E-state index is 8.87. The van der Waals surface area contributed by atoms with Crippen LogP contribution in [0.5, 0.6) is 0 Å². The molecule has 0 heterocycles. The Morgan fingerprint density at radius 3 is 1.89 bits per heavy atom. The third-order valence-electron chi connectivity index (χ3n) is 9.66. The molecule has 0 radical (unpaired) electrons. The molecule has 0 spiro atoms. The van der Waals surface area contributed by atoms with E-state index in [0.29, 0.717) is 11.4 Å². The van der Waals surface area contributed by atoms with Crippen molar-refractivity contribution in [1.29, 1.82) is 0 Å². The summed E-state index contributed by atoms with van der Waals surface area (Å²) in [5.41, 5.74) is 8.51. The van der Waals surface area contributed by atoms with Crippen LogP contribution in [0.2, 0.25) is 0 Å². The number of fused-ring (bicyclic) bond motifs is 1. The number of nitrogens with zero attached hydrogens (tertiary/aromatic N) is 1. The van der Waals surface area contributed by atoms with Crippen LogP contribution in [-0.2, 0) is 5.41 Å². The van der Waals surface area contributed by atoms with E-state index in [1.165, 1.54) is 38.2 Å². The molecular formula is C45H33N. The van der Waals surface area contributed by atoms with Crippen LogP contribution in [0.15, 0.2) is 164 Å². The van der Waals surface area contributed by atoms with Gasteiger partial charge in [0.1, 0.15) is 0 Å². The molecule has 1 heteroatoms. The van der Waals surface area contributed by atoms with Crippen LogP contribution in [0, 0.1) is 0 Å². The lowest BCUT2D eigenvalue weighted by atomic mass is 9.81. The Morgan fingerprint density at radius 1 is 0.435 bits per heavy atom. The summed E-state index contributed by atoms with van der Waals surface area (Å²) in [6.45, 7) is 4.64. The molecular weight excluding hydrogens is 555 g/mol. The number of benzene rings is 8. The van der Waals surface area contributed by atoms with E-state index in [-0.39, 0.29) is 35.3 Å². The molecule has 8 aromatic rings. The zero-order valence-electron chi connectivity index (χ0n) is 30.6. The van der Waals surface area contributed by atoms with Crippen molar-refractivity contribution in [1.82, 2.24) is 0 Å². The van der Waals surface area contributed by atoms with Gasteiger partial charge in [0.05, 0.1) is 6.85 Å². The van der Waals surface area contributed by atoms with Crippen LogP contribution in [0.25, 0.3) is 54.6 Å². The first-order chi connectivity index (χ1) is 24.6. The average molecular weight is 593 g/mol. The monoisotopic (exact) mass is 592 g/mol. The Kier molecular flexibility index (Phi) is 4.86. The van der Waals surface area contributed by atoms with E-state index >= 15 is 0 Å². The summed E-state index contributed by atoms with van der Waals surface area (Å²) < 4.78 is 42.8. The molecule has 0 unspecified atom stereocenters. The number of hydrogen-bond donors (Lipinski definition) is 0. The lowest BCUT2D eigenvalue weighted by molar-refractivity contribution is 0.663. The standard InChI is InChI=1S/C45H33N/c1-45(2)41-15-9-12-32-16-19-36-27-37(29-42(45)44(36)43(32)41)34-17-18-35-28-40(25-22-33(35)26-34)46(38-13-7-4-8-14-38)39-23-20-31(21-24-39)30-10-5-3-6-11-30/h3-29H,1-2H3/i4D,7D,8D,13D,14D. The molecule has 0 aromatic heterocycles. The van der Waals surface area contributed by atoms with Crippen molar-refractivity contribution in [2.45, 2.75) is 19.3 Å². The van der Waals surface area contributed by atoms with Crippen molar-refractivity contribution in [3.8, 4) is 22.3 Å². The van der Waals surface area contributed by atoms with Gasteiger partial charge in [-0.2, -0.15) is 0 Å². The Balaban J connectivity index is 1.16. The fourth-order valence-electron chi connectivity index (χ4n) is 7.32. The van der Waals surface area contributed by atoms with Gasteiger partial charge in [-0.05, 0) is 120 Å². The molecule has 9 rings (SSSR count). The zero-order valence-corrected chi connectivity index (χ0v) is 25.6. The van der Waals surface area contributed by atoms with Gasteiger partial charge < -0.3 is 4.90 Å². The maximum atomic E-state index is 8.87. The molecule has 0 amide bonds. The minimum Gasteiger partial charge on any atom is -0.310 e. The van der Waals surface area contributed by atoms with Crippen LogP contribution >= 0.6 is 0 Å². The summed E-state index contributed by atoms with van der Waals surface area (Å²) in [5.74, 6) is 0. The van der Waals surface area contributed by atoms with E-state index in [0.717, 1.165) is 27.5 Å². The quantitative estimate of drug-likeness (QED) is 0.180. The first kappa shape index (κ1) is 21.9. The highest BCUT2D eigenvalue weighted by molar-refractivity contribution is 6.15. The van der Waals surface area contributed by atoms with Gasteiger partial charge in [-0.25, -0.2) is 0 Å². The van der Waals surface area contributed by atoms with Gasteiger partial charge >= 0.3 is 0 Å². The molecule has 1 nitrogen and oxygen atoms in total. The van der Waals surface area contributed by atoms with E-state index in [9.17, 15) is 0 Å². The Morgan fingerprint density at radius 2 is 1.07 bits per heavy atom. The average Bonchev–Trinajstić information content (AvgIpc) is 3.40. The van der Waals surface area contributed by atoms with Crippen molar-refractivity contribution < 1.29 is 6.85 Å². The molecule has 0 saturated heterocycles. The van der Waals surface area contributed by atoms with Gasteiger partial charge in [-0.1, -0.05) is 123 Å². The molecule has 46 heavy (non-hydrogen) atoms. The van der Waals surface area contributed by atoms with Gasteiger partial charge in [-0.3, -0.25) is 0 Å². The van der Waals surface area contributed by atoms with E-state index in [1.54, 1.807) is 4.90 Å². The summed E-state index contributed by atoms with van der Waals surface area (Å²) in [6, 6.07) is 44.6. The molecule has 0 saturated carbocycles. The molecule has 0 fully saturated rings. The van der Waals surface area contributed by atoms with Gasteiger partial charge in [0.2, 0.25) is 0 Å².